The lowest BCUT2D eigenvalue weighted by Crippen LogP contribution is -2.47. The van der Waals surface area contributed by atoms with Crippen LogP contribution in [0, 0.1) is 0 Å². The van der Waals surface area contributed by atoms with Crippen molar-refractivity contribution < 1.29 is 13.2 Å². The Kier molecular flexibility index (Phi) is 5.20. The van der Waals surface area contributed by atoms with Gasteiger partial charge in [0.15, 0.2) is 0 Å². The Bertz CT molecular complexity index is 643. The van der Waals surface area contributed by atoms with Gasteiger partial charge in [0, 0.05) is 20.6 Å². The van der Waals surface area contributed by atoms with E-state index in [0.717, 1.165) is 31.4 Å². The number of piperidine rings is 1. The molecule has 1 atom stereocenters. The highest BCUT2D eigenvalue weighted by atomic mass is 32.2. The number of hydrogen-bond acceptors (Lipinski definition) is 4. The second-order valence-corrected chi connectivity index (χ2v) is 7.97. The van der Waals surface area contributed by atoms with Gasteiger partial charge in [-0.1, -0.05) is 18.6 Å². The molecule has 1 heterocycles. The first-order chi connectivity index (χ1) is 10.3. The molecule has 22 heavy (non-hydrogen) atoms. The molecule has 122 valence electrons. The van der Waals surface area contributed by atoms with Crippen LogP contribution in [0.3, 0.4) is 0 Å². The molecule has 1 aliphatic rings. The summed E-state index contributed by atoms with van der Waals surface area (Å²) in [5.41, 5.74) is 6.34. The van der Waals surface area contributed by atoms with Crippen LogP contribution in [0.25, 0.3) is 0 Å². The summed E-state index contributed by atoms with van der Waals surface area (Å²) in [5.74, 6) is -0.309. The second-order valence-electron chi connectivity index (χ2n) is 5.82. The molecule has 7 heteroatoms. The molecule has 0 bridgehead atoms. The van der Waals surface area contributed by atoms with E-state index in [1.165, 1.54) is 18.4 Å². The number of sulfonamides is 1. The van der Waals surface area contributed by atoms with Crippen LogP contribution in [0.5, 0.6) is 0 Å². The van der Waals surface area contributed by atoms with Gasteiger partial charge >= 0.3 is 0 Å². The van der Waals surface area contributed by atoms with Crippen LogP contribution in [0.15, 0.2) is 29.2 Å². The molecule has 0 spiro atoms. The van der Waals surface area contributed by atoms with Gasteiger partial charge in [-0.15, -0.1) is 0 Å². The third-order valence-corrected chi connectivity index (χ3v) is 5.82. The number of nitrogens with zero attached hydrogens (tertiary/aromatic N) is 2. The van der Waals surface area contributed by atoms with Gasteiger partial charge in [-0.3, -0.25) is 9.69 Å². The Morgan fingerprint density at radius 3 is 2.73 bits per heavy atom. The normalized spacial score (nSPS) is 20.2. The van der Waals surface area contributed by atoms with E-state index in [1.54, 1.807) is 18.2 Å². The minimum absolute atomic E-state index is 0.261. The number of amides is 1. The fraction of sp³-hybridized carbons (Fsp3) is 0.533. The SMILES string of the molecule is CN(C)S(=O)(=O)c1cccc(CN2CCCC[C@@H]2C(N)=O)c1. The zero-order chi connectivity index (χ0) is 16.3. The zero-order valence-electron chi connectivity index (χ0n) is 13.0. The van der Waals surface area contributed by atoms with Crippen molar-refractivity contribution in [2.75, 3.05) is 20.6 Å². The van der Waals surface area contributed by atoms with Gasteiger partial charge in [0.2, 0.25) is 15.9 Å². The first-order valence-corrected chi connectivity index (χ1v) is 8.81. The van der Waals surface area contributed by atoms with Crippen molar-refractivity contribution in [1.29, 1.82) is 0 Å². The molecule has 0 radical (unpaired) electrons. The molecule has 1 fully saturated rings. The van der Waals surface area contributed by atoms with E-state index in [2.05, 4.69) is 0 Å². The summed E-state index contributed by atoms with van der Waals surface area (Å²) in [6, 6.07) is 6.60. The van der Waals surface area contributed by atoms with Gasteiger partial charge in [0.05, 0.1) is 10.9 Å². The lowest BCUT2D eigenvalue weighted by molar-refractivity contribution is -0.124. The standard InChI is InChI=1S/C15H23N3O3S/c1-17(2)22(20,21)13-7-5-6-12(10-13)11-18-9-4-3-8-14(18)15(16)19/h5-7,10,14H,3-4,8-9,11H2,1-2H3,(H2,16,19)/t14-/m1/s1. The van der Waals surface area contributed by atoms with Crippen molar-refractivity contribution in [3.63, 3.8) is 0 Å². The molecule has 1 saturated heterocycles. The van der Waals surface area contributed by atoms with Crippen molar-refractivity contribution >= 4 is 15.9 Å². The highest BCUT2D eigenvalue weighted by Crippen LogP contribution is 2.21. The Morgan fingerprint density at radius 1 is 1.36 bits per heavy atom. The number of hydrogen-bond donors (Lipinski definition) is 1. The Hall–Kier alpha value is -1.44. The lowest BCUT2D eigenvalue weighted by atomic mass is 10.0. The molecule has 1 aromatic rings. The minimum Gasteiger partial charge on any atom is -0.368 e. The third-order valence-electron chi connectivity index (χ3n) is 4.00. The third kappa shape index (κ3) is 3.66. The lowest BCUT2D eigenvalue weighted by Gasteiger charge is -2.33. The number of primary amides is 1. The molecule has 0 saturated carbocycles. The number of rotatable bonds is 5. The molecule has 0 aromatic heterocycles. The molecular formula is C15H23N3O3S. The molecule has 0 aliphatic carbocycles. The summed E-state index contributed by atoms with van der Waals surface area (Å²) >= 11 is 0. The quantitative estimate of drug-likeness (QED) is 0.867. The molecule has 1 aliphatic heterocycles. The van der Waals surface area contributed by atoms with Crippen molar-refractivity contribution in [2.45, 2.75) is 36.7 Å². The number of likely N-dealkylation sites (tertiary alicyclic amines) is 1. The van der Waals surface area contributed by atoms with Crippen LogP contribution in [-0.4, -0.2) is 50.2 Å². The summed E-state index contributed by atoms with van der Waals surface area (Å²) in [6.45, 7) is 1.34. The second kappa shape index (κ2) is 6.76. The first-order valence-electron chi connectivity index (χ1n) is 7.37. The van der Waals surface area contributed by atoms with Gasteiger partial charge in [-0.2, -0.15) is 0 Å². The maximum atomic E-state index is 12.2. The predicted molar refractivity (Wildman–Crippen MR) is 84.6 cm³/mol. The van der Waals surface area contributed by atoms with E-state index in [9.17, 15) is 13.2 Å². The average Bonchev–Trinajstić information content (AvgIpc) is 2.47. The van der Waals surface area contributed by atoms with E-state index >= 15 is 0 Å². The van der Waals surface area contributed by atoms with E-state index in [1.807, 2.05) is 11.0 Å². The number of carbonyl (C=O) groups is 1. The molecule has 6 nitrogen and oxygen atoms in total. The summed E-state index contributed by atoms with van der Waals surface area (Å²) in [4.78, 5) is 13.8. The fourth-order valence-electron chi connectivity index (χ4n) is 2.75. The van der Waals surface area contributed by atoms with Crippen molar-refractivity contribution in [3.8, 4) is 0 Å². The van der Waals surface area contributed by atoms with Gasteiger partial charge in [0.25, 0.3) is 0 Å². The maximum absolute atomic E-state index is 12.2. The highest BCUT2D eigenvalue weighted by Gasteiger charge is 2.27. The smallest absolute Gasteiger partial charge is 0.242 e. The van der Waals surface area contributed by atoms with E-state index in [4.69, 9.17) is 5.73 Å². The van der Waals surface area contributed by atoms with Crippen molar-refractivity contribution in [3.05, 3.63) is 29.8 Å². The van der Waals surface area contributed by atoms with Gasteiger partial charge in [0.1, 0.15) is 0 Å². The zero-order valence-corrected chi connectivity index (χ0v) is 13.8. The van der Waals surface area contributed by atoms with E-state index < -0.39 is 10.0 Å². The Balaban J connectivity index is 2.21. The van der Waals surface area contributed by atoms with E-state index in [-0.39, 0.29) is 16.8 Å². The van der Waals surface area contributed by atoms with Gasteiger partial charge in [-0.25, -0.2) is 12.7 Å². The van der Waals surface area contributed by atoms with Crippen LogP contribution < -0.4 is 5.73 Å². The molecule has 0 unspecified atom stereocenters. The van der Waals surface area contributed by atoms with Crippen LogP contribution in [-0.2, 0) is 21.4 Å². The van der Waals surface area contributed by atoms with Crippen molar-refractivity contribution in [2.24, 2.45) is 5.73 Å². The minimum atomic E-state index is -3.45. The summed E-state index contributed by atoms with van der Waals surface area (Å²) in [5, 5.41) is 0. The number of carbonyl (C=O) groups excluding carboxylic acids is 1. The fourth-order valence-corrected chi connectivity index (χ4v) is 3.72. The summed E-state index contributed by atoms with van der Waals surface area (Å²) in [7, 11) is -0.428. The summed E-state index contributed by atoms with van der Waals surface area (Å²) in [6.07, 6.45) is 2.80. The van der Waals surface area contributed by atoms with Crippen LogP contribution in [0.1, 0.15) is 24.8 Å². The van der Waals surface area contributed by atoms with Gasteiger partial charge in [-0.05, 0) is 37.1 Å². The predicted octanol–water partition coefficient (Wildman–Crippen LogP) is 0.777. The summed E-state index contributed by atoms with van der Waals surface area (Å²) < 4.78 is 25.6. The molecule has 1 amide bonds. The van der Waals surface area contributed by atoms with Crippen LogP contribution >= 0.6 is 0 Å². The topological polar surface area (TPSA) is 83.7 Å². The Morgan fingerprint density at radius 2 is 2.09 bits per heavy atom. The van der Waals surface area contributed by atoms with E-state index in [0.29, 0.717) is 6.54 Å². The first kappa shape index (κ1) is 16.9. The molecule has 2 N–H and O–H groups in total. The molecule has 2 rings (SSSR count). The molecular weight excluding hydrogens is 302 g/mol. The Labute approximate surface area is 131 Å². The van der Waals surface area contributed by atoms with Gasteiger partial charge < -0.3 is 5.73 Å². The average molecular weight is 325 g/mol. The molecule has 1 aromatic carbocycles. The number of nitrogens with two attached hydrogens (primary N) is 1. The maximum Gasteiger partial charge on any atom is 0.242 e. The largest absolute Gasteiger partial charge is 0.368 e. The van der Waals surface area contributed by atoms with Crippen molar-refractivity contribution in [1.82, 2.24) is 9.21 Å². The highest BCUT2D eigenvalue weighted by molar-refractivity contribution is 7.89. The number of benzene rings is 1. The van der Waals surface area contributed by atoms with Crippen LogP contribution in [0.2, 0.25) is 0 Å². The van der Waals surface area contributed by atoms with Crippen LogP contribution in [0.4, 0.5) is 0 Å². The monoisotopic (exact) mass is 325 g/mol.